The van der Waals surface area contributed by atoms with E-state index in [-0.39, 0.29) is 11.9 Å². The molecule has 37 heavy (non-hydrogen) atoms. The van der Waals surface area contributed by atoms with Crippen LogP contribution in [0.15, 0.2) is 82.7 Å². The van der Waals surface area contributed by atoms with Gasteiger partial charge in [0.15, 0.2) is 5.17 Å². The van der Waals surface area contributed by atoms with Gasteiger partial charge in [-0.25, -0.2) is 4.99 Å². The lowest BCUT2D eigenvalue weighted by Gasteiger charge is -2.35. The van der Waals surface area contributed by atoms with Gasteiger partial charge in [-0.1, -0.05) is 73.3 Å². The molecule has 5 rings (SSSR count). The van der Waals surface area contributed by atoms with Crippen LogP contribution >= 0.6 is 35.0 Å². The van der Waals surface area contributed by atoms with Crippen LogP contribution < -0.4 is 4.74 Å². The number of ether oxygens (including phenoxy) is 1. The first-order valence-electron chi connectivity index (χ1n) is 12.5. The first kappa shape index (κ1) is 25.9. The molecule has 4 nitrogen and oxygen atoms in total. The van der Waals surface area contributed by atoms with E-state index in [1.165, 1.54) is 18.2 Å². The van der Waals surface area contributed by atoms with Gasteiger partial charge in [0.1, 0.15) is 12.4 Å². The van der Waals surface area contributed by atoms with Crippen LogP contribution in [0.5, 0.6) is 5.75 Å². The predicted molar refractivity (Wildman–Crippen MR) is 155 cm³/mol. The Labute approximate surface area is 232 Å². The van der Waals surface area contributed by atoms with Crippen molar-refractivity contribution in [2.45, 2.75) is 45.3 Å². The molecule has 0 aromatic heterocycles. The highest BCUT2D eigenvalue weighted by Gasteiger charge is 2.41. The summed E-state index contributed by atoms with van der Waals surface area (Å²) in [6, 6.07) is 23.0. The summed E-state index contributed by atoms with van der Waals surface area (Å²) in [6.45, 7) is 2.59. The van der Waals surface area contributed by atoms with Gasteiger partial charge >= 0.3 is 0 Å². The quantitative estimate of drug-likeness (QED) is 0.288. The van der Waals surface area contributed by atoms with Gasteiger partial charge in [-0.2, -0.15) is 0 Å². The molecule has 0 spiro atoms. The van der Waals surface area contributed by atoms with Gasteiger partial charge in [-0.3, -0.25) is 9.69 Å². The second kappa shape index (κ2) is 11.8. The minimum atomic E-state index is -0.0146. The number of rotatable bonds is 6. The Morgan fingerprint density at radius 2 is 1.78 bits per heavy atom. The maximum absolute atomic E-state index is 13.8. The van der Waals surface area contributed by atoms with Gasteiger partial charge in [-0.05, 0) is 84.6 Å². The van der Waals surface area contributed by atoms with E-state index in [0.29, 0.717) is 33.2 Å². The summed E-state index contributed by atoms with van der Waals surface area (Å²) in [6.07, 6.45) is 6.31. The molecule has 1 amide bonds. The second-order valence-electron chi connectivity index (χ2n) is 9.45. The number of aliphatic imine (C=N–C) groups is 1. The zero-order valence-electron chi connectivity index (χ0n) is 20.6. The molecule has 2 aliphatic rings. The molecule has 0 N–H and O–H groups in total. The topological polar surface area (TPSA) is 41.9 Å². The SMILES string of the molecule is C[C@@H]1CCCC[C@H]1N1C(=O)/C(=C/c2cc(Cl)ccc2OCc2cccc(Cl)c2)SC1=Nc1ccccc1. The lowest BCUT2D eigenvalue weighted by atomic mass is 9.85. The second-order valence-corrected chi connectivity index (χ2v) is 11.3. The third-order valence-corrected chi connectivity index (χ3v) is 8.21. The van der Waals surface area contributed by atoms with Crippen LogP contribution in [0.3, 0.4) is 0 Å². The number of thioether (sulfide) groups is 1. The van der Waals surface area contributed by atoms with Crippen molar-refractivity contribution in [2.24, 2.45) is 10.9 Å². The number of halogens is 2. The van der Waals surface area contributed by atoms with Crippen molar-refractivity contribution < 1.29 is 9.53 Å². The number of hydrogen-bond acceptors (Lipinski definition) is 4. The Bertz CT molecular complexity index is 1340. The van der Waals surface area contributed by atoms with Crippen molar-refractivity contribution in [3.05, 3.63) is 98.9 Å². The molecule has 3 aromatic carbocycles. The standard InChI is InChI=1S/C30H28Cl2N2O2S/c1-20-8-5-6-13-26(20)34-29(35)28(37-30(34)33-25-11-3-2-4-12-25)18-22-17-24(32)14-15-27(22)36-19-21-9-7-10-23(31)16-21/h2-4,7,9-12,14-18,20,26H,5-6,8,13,19H2,1H3/b28-18-,33-30?/t20-,26-/m1/s1. The van der Waals surface area contributed by atoms with Crippen molar-refractivity contribution in [1.29, 1.82) is 0 Å². The maximum Gasteiger partial charge on any atom is 0.267 e. The molecule has 2 atom stereocenters. The van der Waals surface area contributed by atoms with E-state index in [1.807, 2.05) is 77.7 Å². The average Bonchev–Trinajstić information content (AvgIpc) is 3.18. The molecule has 1 heterocycles. The molecule has 1 saturated heterocycles. The van der Waals surface area contributed by atoms with Crippen molar-refractivity contribution >= 4 is 57.8 Å². The normalized spacial score (nSPS) is 22.1. The third-order valence-electron chi connectivity index (χ3n) is 6.76. The summed E-state index contributed by atoms with van der Waals surface area (Å²) in [5, 5.41) is 1.97. The maximum atomic E-state index is 13.8. The Morgan fingerprint density at radius 1 is 1.00 bits per heavy atom. The lowest BCUT2D eigenvalue weighted by Crippen LogP contribution is -2.44. The largest absolute Gasteiger partial charge is 0.488 e. The minimum Gasteiger partial charge on any atom is -0.488 e. The molecule has 0 bridgehead atoms. The van der Waals surface area contributed by atoms with E-state index in [0.717, 1.165) is 41.2 Å². The summed E-state index contributed by atoms with van der Waals surface area (Å²) >= 11 is 13.9. The van der Waals surface area contributed by atoms with Crippen molar-refractivity contribution in [3.63, 3.8) is 0 Å². The summed E-state index contributed by atoms with van der Waals surface area (Å²) in [5.74, 6) is 1.05. The number of benzene rings is 3. The molecular formula is C30H28Cl2N2O2S. The monoisotopic (exact) mass is 550 g/mol. The number of amides is 1. The smallest absolute Gasteiger partial charge is 0.267 e. The van der Waals surface area contributed by atoms with E-state index in [4.69, 9.17) is 32.9 Å². The van der Waals surface area contributed by atoms with Gasteiger partial charge < -0.3 is 4.74 Å². The van der Waals surface area contributed by atoms with Crippen molar-refractivity contribution in [3.8, 4) is 5.75 Å². The average molecular weight is 552 g/mol. The molecule has 3 aromatic rings. The van der Waals surface area contributed by atoms with E-state index in [1.54, 1.807) is 6.07 Å². The van der Waals surface area contributed by atoms with Gasteiger partial charge in [0, 0.05) is 21.7 Å². The number of amidine groups is 1. The summed E-state index contributed by atoms with van der Waals surface area (Å²) in [5.41, 5.74) is 2.55. The van der Waals surface area contributed by atoms with E-state index in [2.05, 4.69) is 6.92 Å². The van der Waals surface area contributed by atoms with Crippen LogP contribution in [0.1, 0.15) is 43.7 Å². The molecule has 190 valence electrons. The van der Waals surface area contributed by atoms with Crippen LogP contribution in [-0.2, 0) is 11.4 Å². The van der Waals surface area contributed by atoms with E-state index >= 15 is 0 Å². The highest BCUT2D eigenvalue weighted by atomic mass is 35.5. The highest BCUT2D eigenvalue weighted by Crippen LogP contribution is 2.41. The fourth-order valence-corrected chi connectivity index (χ4v) is 6.27. The minimum absolute atomic E-state index is 0.0146. The molecule has 1 aliphatic heterocycles. The predicted octanol–water partition coefficient (Wildman–Crippen LogP) is 8.76. The Morgan fingerprint density at radius 3 is 2.57 bits per heavy atom. The summed E-state index contributed by atoms with van der Waals surface area (Å²) in [7, 11) is 0. The number of nitrogens with zero attached hydrogens (tertiary/aromatic N) is 2. The molecule has 7 heteroatoms. The van der Waals surface area contributed by atoms with Crippen LogP contribution in [0.25, 0.3) is 6.08 Å². The van der Waals surface area contributed by atoms with Crippen LogP contribution in [0.4, 0.5) is 5.69 Å². The Kier molecular flexibility index (Phi) is 8.23. The fourth-order valence-electron chi connectivity index (χ4n) is 4.84. The number of para-hydroxylation sites is 1. The first-order valence-corrected chi connectivity index (χ1v) is 14.1. The lowest BCUT2D eigenvalue weighted by molar-refractivity contribution is -0.124. The molecule has 0 radical (unpaired) electrons. The zero-order chi connectivity index (χ0) is 25.8. The van der Waals surface area contributed by atoms with Crippen molar-refractivity contribution in [2.75, 3.05) is 0 Å². The van der Waals surface area contributed by atoms with Crippen LogP contribution in [-0.4, -0.2) is 22.0 Å². The number of carbonyl (C=O) groups is 1. The molecule has 0 unspecified atom stereocenters. The van der Waals surface area contributed by atoms with Crippen molar-refractivity contribution in [1.82, 2.24) is 4.90 Å². The molecule has 1 saturated carbocycles. The molecular weight excluding hydrogens is 523 g/mol. The first-order chi connectivity index (χ1) is 18.0. The zero-order valence-corrected chi connectivity index (χ0v) is 22.9. The number of carbonyl (C=O) groups excluding carboxylic acids is 1. The Balaban J connectivity index is 1.47. The van der Waals surface area contributed by atoms with Crippen LogP contribution in [0.2, 0.25) is 10.0 Å². The van der Waals surface area contributed by atoms with E-state index < -0.39 is 0 Å². The third kappa shape index (κ3) is 6.23. The van der Waals surface area contributed by atoms with Gasteiger partial charge in [-0.15, -0.1) is 0 Å². The summed E-state index contributed by atoms with van der Waals surface area (Å²) in [4.78, 5) is 21.3. The molecule has 2 fully saturated rings. The molecule has 1 aliphatic carbocycles. The summed E-state index contributed by atoms with van der Waals surface area (Å²) < 4.78 is 6.14. The van der Waals surface area contributed by atoms with Gasteiger partial charge in [0.05, 0.1) is 10.6 Å². The van der Waals surface area contributed by atoms with Crippen LogP contribution in [0, 0.1) is 5.92 Å². The van der Waals surface area contributed by atoms with Gasteiger partial charge in [0.2, 0.25) is 0 Å². The Hall–Kier alpha value is -2.73. The van der Waals surface area contributed by atoms with Gasteiger partial charge in [0.25, 0.3) is 5.91 Å². The highest BCUT2D eigenvalue weighted by molar-refractivity contribution is 8.18. The fraction of sp³-hybridized carbons (Fsp3) is 0.267. The van der Waals surface area contributed by atoms with E-state index in [9.17, 15) is 4.79 Å². The number of hydrogen-bond donors (Lipinski definition) is 0.